The van der Waals surface area contributed by atoms with Crippen molar-refractivity contribution in [3.05, 3.63) is 12.2 Å². The molecule has 2 unspecified atom stereocenters. The molecule has 0 spiro atoms. The molecule has 0 amide bonds. The Labute approximate surface area is 72.3 Å². The van der Waals surface area contributed by atoms with Crippen molar-refractivity contribution in [3.63, 3.8) is 0 Å². The van der Waals surface area contributed by atoms with E-state index in [-0.39, 0.29) is 0 Å². The van der Waals surface area contributed by atoms with Crippen LogP contribution in [-0.2, 0) is 4.79 Å². The lowest BCUT2D eigenvalue weighted by molar-refractivity contribution is -0.138. The summed E-state index contributed by atoms with van der Waals surface area (Å²) in [4.78, 5) is 10.4. The summed E-state index contributed by atoms with van der Waals surface area (Å²) in [5, 5.41) is 8.57. The van der Waals surface area contributed by atoms with E-state index in [2.05, 4.69) is 12.2 Å². The van der Waals surface area contributed by atoms with Crippen molar-refractivity contribution < 1.29 is 9.90 Å². The molecule has 0 aliphatic heterocycles. The largest absolute Gasteiger partial charge is 0.480 e. The number of rotatable bonds is 3. The van der Waals surface area contributed by atoms with E-state index in [1.807, 2.05) is 0 Å². The number of hydrogen-bond donors (Lipinski definition) is 2. The number of aliphatic carboxylic acids is 1. The fourth-order valence-electron chi connectivity index (χ4n) is 1.53. The van der Waals surface area contributed by atoms with E-state index in [0.29, 0.717) is 12.3 Å². The third kappa shape index (κ3) is 2.66. The number of carboxylic acid groups (broad SMARTS) is 1. The van der Waals surface area contributed by atoms with E-state index in [4.69, 9.17) is 10.8 Å². The number of carboxylic acids is 1. The first-order valence-electron chi connectivity index (χ1n) is 4.33. The Morgan fingerprint density at radius 2 is 2.42 bits per heavy atom. The van der Waals surface area contributed by atoms with E-state index in [1.54, 1.807) is 0 Å². The summed E-state index contributed by atoms with van der Waals surface area (Å²) in [7, 11) is 0. The topological polar surface area (TPSA) is 63.3 Å². The highest BCUT2D eigenvalue weighted by Gasteiger charge is 2.18. The monoisotopic (exact) mass is 169 g/mol. The fraction of sp³-hybridized carbons (Fsp3) is 0.667. The standard InChI is InChI=1S/C9H15NO2/c10-8(9(11)12)6-7-4-2-1-3-5-7/h1-2,7-8H,3-6,10H2,(H,11,12). The average molecular weight is 169 g/mol. The summed E-state index contributed by atoms with van der Waals surface area (Å²) in [5.41, 5.74) is 5.42. The summed E-state index contributed by atoms with van der Waals surface area (Å²) < 4.78 is 0. The summed E-state index contributed by atoms with van der Waals surface area (Å²) in [5.74, 6) is -0.411. The van der Waals surface area contributed by atoms with Crippen LogP contribution in [-0.4, -0.2) is 17.1 Å². The molecule has 0 aromatic carbocycles. The minimum Gasteiger partial charge on any atom is -0.480 e. The van der Waals surface area contributed by atoms with Gasteiger partial charge in [0.2, 0.25) is 0 Å². The predicted molar refractivity (Wildman–Crippen MR) is 46.7 cm³/mol. The first-order chi connectivity index (χ1) is 5.70. The minimum atomic E-state index is -0.885. The van der Waals surface area contributed by atoms with Crippen molar-refractivity contribution in [3.8, 4) is 0 Å². The predicted octanol–water partition coefficient (Wildman–Crippen LogP) is 1.14. The first-order valence-corrected chi connectivity index (χ1v) is 4.33. The maximum absolute atomic E-state index is 10.4. The Morgan fingerprint density at radius 3 is 2.92 bits per heavy atom. The Bertz CT molecular complexity index is 189. The highest BCUT2D eigenvalue weighted by molar-refractivity contribution is 5.73. The minimum absolute atomic E-state index is 0.473. The maximum Gasteiger partial charge on any atom is 0.320 e. The summed E-state index contributed by atoms with van der Waals surface area (Å²) in [6, 6.07) is -0.679. The lowest BCUT2D eigenvalue weighted by Crippen LogP contribution is -2.32. The molecule has 1 rings (SSSR count). The zero-order chi connectivity index (χ0) is 8.97. The fourth-order valence-corrected chi connectivity index (χ4v) is 1.53. The lowest BCUT2D eigenvalue weighted by Gasteiger charge is -2.19. The number of carbonyl (C=O) groups is 1. The van der Waals surface area contributed by atoms with Gasteiger partial charge in [-0.1, -0.05) is 12.2 Å². The number of allylic oxidation sites excluding steroid dienone is 2. The van der Waals surface area contributed by atoms with Crippen molar-refractivity contribution >= 4 is 5.97 Å². The number of hydrogen-bond acceptors (Lipinski definition) is 2. The van der Waals surface area contributed by atoms with Crippen LogP contribution in [0.2, 0.25) is 0 Å². The third-order valence-corrected chi connectivity index (χ3v) is 2.28. The molecule has 3 heteroatoms. The van der Waals surface area contributed by atoms with Crippen LogP contribution in [0.3, 0.4) is 0 Å². The Kier molecular flexibility index (Phi) is 3.29. The number of nitrogens with two attached hydrogens (primary N) is 1. The molecular formula is C9H15NO2. The maximum atomic E-state index is 10.4. The van der Waals surface area contributed by atoms with Crippen LogP contribution in [0.1, 0.15) is 25.7 Å². The van der Waals surface area contributed by atoms with Gasteiger partial charge >= 0.3 is 5.97 Å². The third-order valence-electron chi connectivity index (χ3n) is 2.28. The SMILES string of the molecule is NC(CC1CC=CCC1)C(=O)O. The van der Waals surface area contributed by atoms with Crippen molar-refractivity contribution in [1.29, 1.82) is 0 Å². The molecule has 0 saturated carbocycles. The van der Waals surface area contributed by atoms with E-state index in [0.717, 1.165) is 19.3 Å². The van der Waals surface area contributed by atoms with Crippen LogP contribution in [0.25, 0.3) is 0 Å². The van der Waals surface area contributed by atoms with Crippen molar-refractivity contribution in [2.75, 3.05) is 0 Å². The van der Waals surface area contributed by atoms with Crippen LogP contribution >= 0.6 is 0 Å². The van der Waals surface area contributed by atoms with E-state index < -0.39 is 12.0 Å². The van der Waals surface area contributed by atoms with Gasteiger partial charge in [-0.15, -0.1) is 0 Å². The highest BCUT2D eigenvalue weighted by Crippen LogP contribution is 2.22. The van der Waals surface area contributed by atoms with Gasteiger partial charge in [0.15, 0.2) is 0 Å². The smallest absolute Gasteiger partial charge is 0.320 e. The van der Waals surface area contributed by atoms with Crippen molar-refractivity contribution in [2.45, 2.75) is 31.7 Å². The zero-order valence-corrected chi connectivity index (χ0v) is 7.07. The van der Waals surface area contributed by atoms with Gasteiger partial charge in [0.05, 0.1) is 0 Å². The molecule has 3 N–H and O–H groups in total. The Balaban J connectivity index is 2.30. The van der Waals surface area contributed by atoms with Crippen LogP contribution in [0.4, 0.5) is 0 Å². The molecule has 0 aromatic heterocycles. The average Bonchev–Trinajstić information content (AvgIpc) is 2.06. The van der Waals surface area contributed by atoms with Crippen LogP contribution in [0.5, 0.6) is 0 Å². The normalized spacial score (nSPS) is 25.2. The molecule has 0 heterocycles. The lowest BCUT2D eigenvalue weighted by atomic mass is 9.89. The molecule has 1 aliphatic rings. The van der Waals surface area contributed by atoms with Crippen molar-refractivity contribution in [2.24, 2.45) is 11.7 Å². The van der Waals surface area contributed by atoms with E-state index in [1.165, 1.54) is 0 Å². The molecule has 68 valence electrons. The van der Waals surface area contributed by atoms with Gasteiger partial charge in [0, 0.05) is 0 Å². The Hall–Kier alpha value is -0.830. The summed E-state index contributed by atoms with van der Waals surface area (Å²) in [6.07, 6.45) is 8.00. The van der Waals surface area contributed by atoms with Gasteiger partial charge < -0.3 is 10.8 Å². The summed E-state index contributed by atoms with van der Waals surface area (Å²) >= 11 is 0. The molecule has 0 saturated heterocycles. The zero-order valence-electron chi connectivity index (χ0n) is 7.07. The highest BCUT2D eigenvalue weighted by atomic mass is 16.4. The van der Waals surface area contributed by atoms with E-state index in [9.17, 15) is 4.79 Å². The molecule has 12 heavy (non-hydrogen) atoms. The van der Waals surface area contributed by atoms with Gasteiger partial charge in [-0.05, 0) is 31.6 Å². The Morgan fingerprint density at radius 1 is 1.67 bits per heavy atom. The van der Waals surface area contributed by atoms with Gasteiger partial charge in [-0.25, -0.2) is 0 Å². The second-order valence-electron chi connectivity index (χ2n) is 3.33. The second-order valence-corrected chi connectivity index (χ2v) is 3.33. The van der Waals surface area contributed by atoms with E-state index >= 15 is 0 Å². The molecule has 0 bridgehead atoms. The molecule has 1 aliphatic carbocycles. The van der Waals surface area contributed by atoms with Gasteiger partial charge in [-0.3, -0.25) is 4.79 Å². The molecule has 0 radical (unpaired) electrons. The molecule has 3 nitrogen and oxygen atoms in total. The van der Waals surface area contributed by atoms with Crippen molar-refractivity contribution in [1.82, 2.24) is 0 Å². The molecule has 0 aromatic rings. The molecule has 2 atom stereocenters. The molecule has 0 fully saturated rings. The van der Waals surface area contributed by atoms with Gasteiger partial charge in [0.1, 0.15) is 6.04 Å². The molecular weight excluding hydrogens is 154 g/mol. The van der Waals surface area contributed by atoms with Gasteiger partial charge in [-0.2, -0.15) is 0 Å². The van der Waals surface area contributed by atoms with Crippen LogP contribution in [0.15, 0.2) is 12.2 Å². The van der Waals surface area contributed by atoms with Crippen LogP contribution < -0.4 is 5.73 Å². The first kappa shape index (κ1) is 9.26. The second kappa shape index (κ2) is 4.26. The quantitative estimate of drug-likeness (QED) is 0.623. The van der Waals surface area contributed by atoms with Crippen LogP contribution in [0, 0.1) is 5.92 Å². The summed E-state index contributed by atoms with van der Waals surface area (Å²) in [6.45, 7) is 0. The van der Waals surface area contributed by atoms with Gasteiger partial charge in [0.25, 0.3) is 0 Å².